The van der Waals surface area contributed by atoms with Crippen LogP contribution in [-0.4, -0.2) is 39.1 Å². The van der Waals surface area contributed by atoms with Crippen LogP contribution in [0.2, 0.25) is 0 Å². The molecule has 1 unspecified atom stereocenters. The van der Waals surface area contributed by atoms with Gasteiger partial charge in [-0.3, -0.25) is 0 Å². The van der Waals surface area contributed by atoms with Crippen molar-refractivity contribution in [3.05, 3.63) is 12.2 Å². The lowest BCUT2D eigenvalue weighted by atomic mass is 9.90. The van der Waals surface area contributed by atoms with Crippen molar-refractivity contribution in [2.75, 3.05) is 13.1 Å². The van der Waals surface area contributed by atoms with Gasteiger partial charge in [0.1, 0.15) is 12.2 Å². The van der Waals surface area contributed by atoms with E-state index in [0.717, 1.165) is 31.8 Å². The Morgan fingerprint density at radius 1 is 1.47 bits per heavy atom. The fourth-order valence-electron chi connectivity index (χ4n) is 2.43. The third-order valence-corrected chi connectivity index (χ3v) is 3.46. The minimum absolute atomic E-state index is 0.293. The van der Waals surface area contributed by atoms with Gasteiger partial charge in [-0.15, -0.1) is 0 Å². The van der Waals surface area contributed by atoms with Gasteiger partial charge in [0, 0.05) is 12.5 Å². The van der Waals surface area contributed by atoms with Crippen LogP contribution >= 0.6 is 0 Å². The highest BCUT2D eigenvalue weighted by atomic mass is 16.3. The fourth-order valence-corrected chi connectivity index (χ4v) is 2.43. The Kier molecular flexibility index (Phi) is 4.12. The Balaban J connectivity index is 1.97. The molecule has 0 aliphatic carbocycles. The molecule has 2 heterocycles. The van der Waals surface area contributed by atoms with E-state index in [1.54, 1.807) is 6.33 Å². The molecule has 0 saturated carbocycles. The molecular weight excluding hydrogens is 216 g/mol. The molecule has 0 bridgehead atoms. The van der Waals surface area contributed by atoms with Gasteiger partial charge >= 0.3 is 0 Å². The SMILES string of the molecule is CC(C)n1ncnc1CC(O)C1CCNCC1. The Labute approximate surface area is 102 Å². The van der Waals surface area contributed by atoms with Gasteiger partial charge in [-0.25, -0.2) is 9.67 Å². The maximum Gasteiger partial charge on any atom is 0.138 e. The van der Waals surface area contributed by atoms with E-state index in [4.69, 9.17) is 0 Å². The highest BCUT2D eigenvalue weighted by Gasteiger charge is 2.23. The van der Waals surface area contributed by atoms with Crippen LogP contribution in [-0.2, 0) is 6.42 Å². The first-order chi connectivity index (χ1) is 8.18. The molecule has 1 aromatic heterocycles. The lowest BCUT2D eigenvalue weighted by molar-refractivity contribution is 0.0859. The number of aliphatic hydroxyl groups excluding tert-OH is 1. The van der Waals surface area contributed by atoms with Gasteiger partial charge in [-0.1, -0.05) is 0 Å². The molecule has 96 valence electrons. The number of aromatic nitrogens is 3. The summed E-state index contributed by atoms with van der Waals surface area (Å²) in [5.74, 6) is 1.29. The Morgan fingerprint density at radius 3 is 2.82 bits per heavy atom. The van der Waals surface area contributed by atoms with E-state index in [2.05, 4.69) is 29.2 Å². The second kappa shape index (κ2) is 5.60. The highest BCUT2D eigenvalue weighted by Crippen LogP contribution is 2.19. The molecule has 1 saturated heterocycles. The number of nitrogens with zero attached hydrogens (tertiary/aromatic N) is 3. The standard InChI is InChI=1S/C12H22N4O/c1-9(2)16-12(14-8-15-16)7-11(17)10-3-5-13-6-4-10/h8-11,13,17H,3-7H2,1-2H3. The van der Waals surface area contributed by atoms with Gasteiger partial charge in [0.05, 0.1) is 6.10 Å². The van der Waals surface area contributed by atoms with Crippen molar-refractivity contribution in [2.24, 2.45) is 5.92 Å². The summed E-state index contributed by atoms with van der Waals surface area (Å²) in [4.78, 5) is 4.25. The number of hydrogen-bond donors (Lipinski definition) is 2. The predicted octanol–water partition coefficient (Wildman–Crippen LogP) is 0.762. The number of nitrogens with one attached hydrogen (secondary N) is 1. The first kappa shape index (κ1) is 12.5. The van der Waals surface area contributed by atoms with Crippen molar-refractivity contribution in [3.63, 3.8) is 0 Å². The maximum absolute atomic E-state index is 10.2. The van der Waals surface area contributed by atoms with E-state index in [0.29, 0.717) is 18.4 Å². The molecule has 2 rings (SSSR count). The molecule has 1 aliphatic heterocycles. The third kappa shape index (κ3) is 3.04. The summed E-state index contributed by atoms with van der Waals surface area (Å²) in [5, 5.41) is 17.8. The number of piperidine rings is 1. The average Bonchev–Trinajstić information content (AvgIpc) is 2.78. The highest BCUT2D eigenvalue weighted by molar-refractivity contribution is 4.91. The second-order valence-electron chi connectivity index (χ2n) is 5.07. The second-order valence-corrected chi connectivity index (χ2v) is 5.07. The largest absolute Gasteiger partial charge is 0.392 e. The summed E-state index contributed by atoms with van der Waals surface area (Å²) in [5.41, 5.74) is 0. The molecule has 5 heteroatoms. The smallest absolute Gasteiger partial charge is 0.138 e. The van der Waals surface area contributed by atoms with Crippen LogP contribution in [0, 0.1) is 5.92 Å². The van der Waals surface area contributed by atoms with Crippen LogP contribution in [0.3, 0.4) is 0 Å². The quantitative estimate of drug-likeness (QED) is 0.813. The average molecular weight is 238 g/mol. The molecule has 1 fully saturated rings. The van der Waals surface area contributed by atoms with Gasteiger partial charge in [0.2, 0.25) is 0 Å². The van der Waals surface area contributed by atoms with E-state index in [1.807, 2.05) is 4.68 Å². The summed E-state index contributed by atoms with van der Waals surface area (Å²) < 4.78 is 1.89. The van der Waals surface area contributed by atoms with E-state index in [9.17, 15) is 5.11 Å². The number of aliphatic hydroxyl groups is 1. The molecule has 0 aromatic carbocycles. The van der Waals surface area contributed by atoms with Crippen LogP contribution in [0.1, 0.15) is 38.6 Å². The fraction of sp³-hybridized carbons (Fsp3) is 0.833. The number of rotatable bonds is 4. The lowest BCUT2D eigenvalue weighted by Gasteiger charge is -2.27. The van der Waals surface area contributed by atoms with Crippen molar-refractivity contribution < 1.29 is 5.11 Å². The van der Waals surface area contributed by atoms with Crippen molar-refractivity contribution in [3.8, 4) is 0 Å². The van der Waals surface area contributed by atoms with Gasteiger partial charge in [0.15, 0.2) is 0 Å². The molecule has 0 radical (unpaired) electrons. The number of hydrogen-bond acceptors (Lipinski definition) is 4. The minimum Gasteiger partial charge on any atom is -0.392 e. The zero-order chi connectivity index (χ0) is 12.3. The molecule has 1 aliphatic rings. The molecule has 0 amide bonds. The van der Waals surface area contributed by atoms with E-state index in [1.165, 1.54) is 0 Å². The van der Waals surface area contributed by atoms with Gasteiger partial charge in [0.25, 0.3) is 0 Å². The van der Waals surface area contributed by atoms with E-state index in [-0.39, 0.29) is 6.10 Å². The van der Waals surface area contributed by atoms with E-state index < -0.39 is 0 Å². The van der Waals surface area contributed by atoms with Crippen LogP contribution in [0.15, 0.2) is 6.33 Å². The third-order valence-electron chi connectivity index (χ3n) is 3.46. The van der Waals surface area contributed by atoms with Gasteiger partial charge < -0.3 is 10.4 Å². The van der Waals surface area contributed by atoms with Crippen molar-refractivity contribution in [2.45, 2.75) is 45.3 Å². The summed E-state index contributed by atoms with van der Waals surface area (Å²) >= 11 is 0. The van der Waals surface area contributed by atoms with Crippen molar-refractivity contribution in [1.29, 1.82) is 0 Å². The normalized spacial score (nSPS) is 19.8. The van der Waals surface area contributed by atoms with Crippen molar-refractivity contribution in [1.82, 2.24) is 20.1 Å². The summed E-state index contributed by atoms with van der Waals surface area (Å²) in [6.07, 6.45) is 4.00. The monoisotopic (exact) mass is 238 g/mol. The molecule has 1 atom stereocenters. The minimum atomic E-state index is -0.293. The molecule has 0 spiro atoms. The predicted molar refractivity (Wildman–Crippen MR) is 65.7 cm³/mol. The summed E-state index contributed by atoms with van der Waals surface area (Å²) in [6.45, 7) is 6.18. The molecule has 5 nitrogen and oxygen atoms in total. The van der Waals surface area contributed by atoms with Crippen LogP contribution in [0.5, 0.6) is 0 Å². The van der Waals surface area contributed by atoms with Crippen LogP contribution < -0.4 is 5.32 Å². The first-order valence-corrected chi connectivity index (χ1v) is 6.45. The summed E-state index contributed by atoms with van der Waals surface area (Å²) in [6, 6.07) is 0.299. The summed E-state index contributed by atoms with van der Waals surface area (Å²) in [7, 11) is 0. The molecule has 1 aromatic rings. The molecule has 2 N–H and O–H groups in total. The maximum atomic E-state index is 10.2. The topological polar surface area (TPSA) is 63.0 Å². The zero-order valence-corrected chi connectivity index (χ0v) is 10.6. The van der Waals surface area contributed by atoms with E-state index >= 15 is 0 Å². The molecular formula is C12H22N4O. The van der Waals surface area contributed by atoms with Crippen LogP contribution in [0.4, 0.5) is 0 Å². The lowest BCUT2D eigenvalue weighted by Crippen LogP contribution is -2.35. The van der Waals surface area contributed by atoms with Gasteiger partial charge in [-0.2, -0.15) is 5.10 Å². The Morgan fingerprint density at radius 2 is 2.18 bits per heavy atom. The first-order valence-electron chi connectivity index (χ1n) is 6.45. The Hall–Kier alpha value is -0.940. The van der Waals surface area contributed by atoms with Crippen LogP contribution in [0.25, 0.3) is 0 Å². The molecule has 17 heavy (non-hydrogen) atoms. The van der Waals surface area contributed by atoms with Crippen molar-refractivity contribution >= 4 is 0 Å². The Bertz CT molecular complexity index is 344. The zero-order valence-electron chi connectivity index (χ0n) is 10.6. The van der Waals surface area contributed by atoms with Gasteiger partial charge in [-0.05, 0) is 45.7 Å².